The van der Waals surface area contributed by atoms with E-state index in [2.05, 4.69) is 9.97 Å². The number of nitrogens with zero attached hydrogens (tertiary/aromatic N) is 3. The number of thiazole rings is 1. The van der Waals surface area contributed by atoms with Crippen LogP contribution in [0.2, 0.25) is 5.28 Å². The van der Waals surface area contributed by atoms with E-state index in [1.54, 1.807) is 6.07 Å². The Balaban J connectivity index is 1.59. The Kier molecular flexibility index (Phi) is 7.17. The van der Waals surface area contributed by atoms with Crippen molar-refractivity contribution in [2.24, 2.45) is 0 Å². The first-order valence-electron chi connectivity index (χ1n) is 11.1. The van der Waals surface area contributed by atoms with Crippen molar-refractivity contribution < 1.29 is 26.3 Å². The van der Waals surface area contributed by atoms with Gasteiger partial charge in [-0.05, 0) is 60.8 Å². The van der Waals surface area contributed by atoms with Gasteiger partial charge in [0.15, 0.2) is 5.82 Å². The standard InChI is InChI=1S/C24H18ClF3N4O3S2/c25-24-29-9-6-18(30-24)22-21(31-23(36-22)13-7-10-35-11-8-13)15-2-1-3-17(20(15)28)32-37(33,34)19-12-14(26)4-5-16(19)27/h1-6,9,12-13,32H,7-8,10-11H2. The molecule has 0 spiro atoms. The second-order valence-electron chi connectivity index (χ2n) is 8.17. The molecule has 7 nitrogen and oxygen atoms in total. The first-order valence-corrected chi connectivity index (χ1v) is 13.7. The summed E-state index contributed by atoms with van der Waals surface area (Å²) in [7, 11) is -4.64. The van der Waals surface area contributed by atoms with Gasteiger partial charge in [-0.3, -0.25) is 4.72 Å². The number of ether oxygens (including phenoxy) is 1. The normalized spacial score (nSPS) is 14.6. The van der Waals surface area contributed by atoms with E-state index in [0.29, 0.717) is 35.9 Å². The van der Waals surface area contributed by atoms with Crippen molar-refractivity contribution in [3.05, 3.63) is 76.4 Å². The highest BCUT2D eigenvalue weighted by Crippen LogP contribution is 2.42. The Morgan fingerprint density at radius 1 is 1.05 bits per heavy atom. The Labute approximate surface area is 219 Å². The topological polar surface area (TPSA) is 94.1 Å². The number of aromatic nitrogens is 3. The van der Waals surface area contributed by atoms with Gasteiger partial charge in [0.05, 0.1) is 27.0 Å². The maximum Gasteiger partial charge on any atom is 0.265 e. The molecule has 1 fully saturated rings. The van der Waals surface area contributed by atoms with E-state index in [9.17, 15) is 17.2 Å². The van der Waals surface area contributed by atoms with Crippen molar-refractivity contribution in [1.29, 1.82) is 0 Å². The largest absolute Gasteiger partial charge is 0.381 e. The van der Waals surface area contributed by atoms with Gasteiger partial charge >= 0.3 is 0 Å². The van der Waals surface area contributed by atoms with Crippen molar-refractivity contribution in [1.82, 2.24) is 15.0 Å². The van der Waals surface area contributed by atoms with Crippen LogP contribution in [0.15, 0.2) is 53.6 Å². The predicted molar refractivity (Wildman–Crippen MR) is 134 cm³/mol. The van der Waals surface area contributed by atoms with Crippen molar-refractivity contribution in [3.8, 4) is 21.8 Å². The highest BCUT2D eigenvalue weighted by Gasteiger charge is 2.27. The molecule has 0 amide bonds. The molecule has 2 aromatic heterocycles. The molecule has 0 radical (unpaired) electrons. The zero-order valence-electron chi connectivity index (χ0n) is 18.9. The fraction of sp³-hybridized carbons (Fsp3) is 0.208. The molecule has 0 unspecified atom stereocenters. The summed E-state index contributed by atoms with van der Waals surface area (Å²) in [6.07, 6.45) is 2.97. The Hall–Kier alpha value is -3.06. The average Bonchev–Trinajstić information content (AvgIpc) is 3.32. The Bertz CT molecular complexity index is 1580. The fourth-order valence-corrected chi connectivity index (χ4v) is 6.47. The number of sulfonamides is 1. The smallest absolute Gasteiger partial charge is 0.265 e. The monoisotopic (exact) mass is 566 g/mol. The van der Waals surface area contributed by atoms with Gasteiger partial charge in [0.1, 0.15) is 16.5 Å². The molecule has 2 aromatic carbocycles. The van der Waals surface area contributed by atoms with E-state index in [0.717, 1.165) is 23.9 Å². The van der Waals surface area contributed by atoms with Crippen LogP contribution in [0.5, 0.6) is 0 Å². The van der Waals surface area contributed by atoms with Gasteiger partial charge in [-0.1, -0.05) is 6.07 Å². The SMILES string of the molecule is O=S(=O)(Nc1cccc(-c2nc(C3CCOCC3)sc2-c2ccnc(Cl)n2)c1F)c1cc(F)ccc1F. The van der Waals surface area contributed by atoms with Crippen LogP contribution in [-0.4, -0.2) is 36.6 Å². The van der Waals surface area contributed by atoms with E-state index < -0.39 is 38.1 Å². The van der Waals surface area contributed by atoms with Crippen LogP contribution < -0.4 is 4.72 Å². The molecule has 1 N–H and O–H groups in total. The van der Waals surface area contributed by atoms with Crippen LogP contribution in [0, 0.1) is 17.5 Å². The second kappa shape index (κ2) is 10.4. The third-order valence-corrected chi connectivity index (χ3v) is 8.56. The zero-order valence-corrected chi connectivity index (χ0v) is 21.3. The molecule has 1 aliphatic rings. The number of benzene rings is 2. The van der Waals surface area contributed by atoms with Gasteiger partial charge in [-0.2, -0.15) is 0 Å². The van der Waals surface area contributed by atoms with Crippen LogP contribution >= 0.6 is 22.9 Å². The first kappa shape index (κ1) is 25.6. The minimum absolute atomic E-state index is 0.000733. The average molecular weight is 567 g/mol. The third kappa shape index (κ3) is 5.33. The molecule has 5 rings (SSSR count). The van der Waals surface area contributed by atoms with E-state index in [-0.39, 0.29) is 22.5 Å². The Morgan fingerprint density at radius 2 is 1.84 bits per heavy atom. The molecular formula is C24H18ClF3N4O3S2. The third-order valence-electron chi connectivity index (χ3n) is 5.75. The molecular weight excluding hydrogens is 549 g/mol. The zero-order chi connectivity index (χ0) is 26.2. The molecule has 192 valence electrons. The quantitative estimate of drug-likeness (QED) is 0.286. The lowest BCUT2D eigenvalue weighted by Crippen LogP contribution is -2.16. The number of hydrogen-bond donors (Lipinski definition) is 1. The molecule has 0 bridgehead atoms. The van der Waals surface area contributed by atoms with Gasteiger partial charge in [0, 0.05) is 30.9 Å². The molecule has 0 atom stereocenters. The number of hydrogen-bond acceptors (Lipinski definition) is 7. The summed E-state index contributed by atoms with van der Waals surface area (Å²) in [6.45, 7) is 1.16. The van der Waals surface area contributed by atoms with E-state index in [1.165, 1.54) is 35.7 Å². The molecule has 3 heterocycles. The highest BCUT2D eigenvalue weighted by atomic mass is 35.5. The summed E-state index contributed by atoms with van der Waals surface area (Å²) >= 11 is 7.34. The first-order chi connectivity index (χ1) is 17.7. The fourth-order valence-electron chi connectivity index (χ4n) is 3.95. The molecule has 0 saturated carbocycles. The molecule has 1 aliphatic heterocycles. The van der Waals surface area contributed by atoms with E-state index >= 15 is 4.39 Å². The summed E-state index contributed by atoms with van der Waals surface area (Å²) < 4.78 is 76.6. The highest BCUT2D eigenvalue weighted by molar-refractivity contribution is 7.92. The lowest BCUT2D eigenvalue weighted by atomic mass is 10.0. The number of halogens is 4. The van der Waals surface area contributed by atoms with Gasteiger partial charge in [0.25, 0.3) is 10.0 Å². The summed E-state index contributed by atoms with van der Waals surface area (Å²) in [4.78, 5) is 12.5. The van der Waals surface area contributed by atoms with Crippen molar-refractivity contribution >= 4 is 38.6 Å². The summed E-state index contributed by atoms with van der Waals surface area (Å²) in [5.74, 6) is -2.96. The molecule has 13 heteroatoms. The van der Waals surface area contributed by atoms with Gasteiger partial charge in [-0.25, -0.2) is 36.5 Å². The Morgan fingerprint density at radius 3 is 2.59 bits per heavy atom. The van der Waals surface area contributed by atoms with E-state index in [4.69, 9.17) is 21.3 Å². The van der Waals surface area contributed by atoms with Crippen LogP contribution in [-0.2, 0) is 14.8 Å². The van der Waals surface area contributed by atoms with Gasteiger partial charge in [-0.15, -0.1) is 11.3 Å². The molecule has 4 aromatic rings. The number of rotatable bonds is 6. The van der Waals surface area contributed by atoms with Crippen molar-refractivity contribution in [3.63, 3.8) is 0 Å². The number of anilines is 1. The van der Waals surface area contributed by atoms with Crippen LogP contribution in [0.3, 0.4) is 0 Å². The van der Waals surface area contributed by atoms with Gasteiger partial charge < -0.3 is 4.74 Å². The minimum atomic E-state index is -4.64. The molecule has 37 heavy (non-hydrogen) atoms. The van der Waals surface area contributed by atoms with Crippen LogP contribution in [0.4, 0.5) is 18.9 Å². The molecule has 0 aliphatic carbocycles. The maximum atomic E-state index is 15.8. The maximum absolute atomic E-state index is 15.8. The lowest BCUT2D eigenvalue weighted by Gasteiger charge is -2.19. The minimum Gasteiger partial charge on any atom is -0.381 e. The van der Waals surface area contributed by atoms with Crippen molar-refractivity contribution in [2.45, 2.75) is 23.7 Å². The number of nitrogens with one attached hydrogen (secondary N) is 1. The van der Waals surface area contributed by atoms with Crippen LogP contribution in [0.1, 0.15) is 23.8 Å². The predicted octanol–water partition coefficient (Wildman–Crippen LogP) is 6.03. The summed E-state index contributed by atoms with van der Waals surface area (Å²) in [5, 5.41) is 0.763. The van der Waals surface area contributed by atoms with Gasteiger partial charge in [0.2, 0.25) is 5.28 Å². The van der Waals surface area contributed by atoms with E-state index in [1.807, 2.05) is 4.72 Å². The second-order valence-corrected chi connectivity index (χ2v) is 11.2. The lowest BCUT2D eigenvalue weighted by molar-refractivity contribution is 0.0853. The van der Waals surface area contributed by atoms with Crippen molar-refractivity contribution in [2.75, 3.05) is 17.9 Å². The molecule has 1 saturated heterocycles. The van der Waals surface area contributed by atoms with Crippen LogP contribution in [0.25, 0.3) is 21.8 Å². The summed E-state index contributed by atoms with van der Waals surface area (Å²) in [6, 6.07) is 7.68. The summed E-state index contributed by atoms with van der Waals surface area (Å²) in [5.41, 5.74) is 0.224.